The molecule has 0 fully saturated rings. The second-order valence-electron chi connectivity index (χ2n) is 11.1. The van der Waals surface area contributed by atoms with Gasteiger partial charge in [-0.15, -0.1) is 0 Å². The average molecular weight is 555 g/mol. The Morgan fingerprint density at radius 2 is 1.52 bits per heavy atom. The molecule has 1 atom stereocenters. The van der Waals surface area contributed by atoms with Crippen LogP contribution < -0.4 is 10.6 Å². The molecular weight excluding hydrogens is 516 g/mol. The van der Waals surface area contributed by atoms with Gasteiger partial charge in [0.05, 0.1) is 17.4 Å². The number of benzene rings is 4. The van der Waals surface area contributed by atoms with Gasteiger partial charge in [-0.3, -0.25) is 4.79 Å². The molecule has 0 radical (unpaired) electrons. The van der Waals surface area contributed by atoms with Crippen molar-refractivity contribution in [2.24, 2.45) is 0 Å². The lowest BCUT2D eigenvalue weighted by Gasteiger charge is -2.24. The summed E-state index contributed by atoms with van der Waals surface area (Å²) in [6, 6.07) is 38.3. The molecule has 1 unspecified atom stereocenters. The summed E-state index contributed by atoms with van der Waals surface area (Å²) in [5.74, 6) is 1.11. The summed E-state index contributed by atoms with van der Waals surface area (Å²) in [4.78, 5) is 17.3. The van der Waals surface area contributed by atoms with Gasteiger partial charge in [-0.05, 0) is 42.0 Å². The van der Waals surface area contributed by atoms with Crippen molar-refractivity contribution < 1.29 is 4.79 Å². The monoisotopic (exact) mass is 554 g/mol. The van der Waals surface area contributed by atoms with Crippen molar-refractivity contribution >= 4 is 11.6 Å². The lowest BCUT2D eigenvalue weighted by molar-refractivity contribution is -0.116. The maximum atomic E-state index is 11.9. The summed E-state index contributed by atoms with van der Waals surface area (Å²) in [5.41, 5.74) is 9.16. The number of anilines is 1. The summed E-state index contributed by atoms with van der Waals surface area (Å²) < 4.78 is 2.46. The summed E-state index contributed by atoms with van der Waals surface area (Å²) in [6.45, 7) is 3.86. The fourth-order valence-corrected chi connectivity index (χ4v) is 5.88. The normalized spacial score (nSPS) is 13.4. The zero-order chi connectivity index (χ0) is 28.7. The number of hydrogen-bond acceptors (Lipinski definition) is 3. The highest BCUT2D eigenvalue weighted by Crippen LogP contribution is 2.35. The number of imidazole rings is 1. The number of rotatable bonds is 11. The van der Waals surface area contributed by atoms with E-state index in [1.165, 1.54) is 22.4 Å². The Morgan fingerprint density at radius 1 is 0.833 bits per heavy atom. The zero-order valence-electron chi connectivity index (χ0n) is 24.2. The SMILES string of the molecule is CCCCn1c(-c2ccccc2)nc(-c2ccccc2)c1C(Cc1ccccc1)NCc1ccc2c(c1)CCC(=O)N2. The van der Waals surface area contributed by atoms with Gasteiger partial charge in [-0.1, -0.05) is 116 Å². The summed E-state index contributed by atoms with van der Waals surface area (Å²) >= 11 is 0. The van der Waals surface area contributed by atoms with Crippen molar-refractivity contribution in [2.45, 2.75) is 58.2 Å². The summed E-state index contributed by atoms with van der Waals surface area (Å²) in [5, 5.41) is 6.97. The molecule has 1 aliphatic rings. The molecule has 2 heterocycles. The minimum absolute atomic E-state index is 0.0279. The standard InChI is InChI=1S/C37H38N4O/c1-2-3-23-41-36(35(29-15-9-5-10-16-29)40-37(41)30-17-11-6-12-18-30)33(25-27-13-7-4-8-14-27)38-26-28-19-21-32-31(24-28)20-22-34(42)39-32/h4-19,21,24,33,38H,2-3,20,22-23,25-26H2,1H3,(H,39,42). The van der Waals surface area contributed by atoms with Crippen molar-refractivity contribution in [3.8, 4) is 22.6 Å². The van der Waals surface area contributed by atoms with Gasteiger partial charge in [-0.2, -0.15) is 0 Å². The number of amides is 1. The van der Waals surface area contributed by atoms with Crippen LogP contribution in [0.15, 0.2) is 109 Å². The maximum absolute atomic E-state index is 11.9. The number of fused-ring (bicyclic) bond motifs is 1. The predicted octanol–water partition coefficient (Wildman–Crippen LogP) is 7.98. The Kier molecular flexibility index (Phi) is 8.57. The van der Waals surface area contributed by atoms with E-state index in [1.807, 2.05) is 6.07 Å². The minimum Gasteiger partial charge on any atom is -0.326 e. The minimum atomic E-state index is 0.0279. The largest absolute Gasteiger partial charge is 0.326 e. The highest BCUT2D eigenvalue weighted by molar-refractivity contribution is 5.93. The molecule has 0 spiro atoms. The van der Waals surface area contributed by atoms with Crippen LogP contribution >= 0.6 is 0 Å². The molecule has 4 aromatic carbocycles. The van der Waals surface area contributed by atoms with E-state index >= 15 is 0 Å². The molecule has 1 aromatic heterocycles. The number of carbonyl (C=O) groups excluding carboxylic acids is 1. The van der Waals surface area contributed by atoms with E-state index in [9.17, 15) is 4.79 Å². The first kappa shape index (κ1) is 27.7. The number of hydrogen-bond donors (Lipinski definition) is 2. The van der Waals surface area contributed by atoms with E-state index in [-0.39, 0.29) is 11.9 Å². The topological polar surface area (TPSA) is 59.0 Å². The lowest BCUT2D eigenvalue weighted by Crippen LogP contribution is -2.27. The van der Waals surface area contributed by atoms with Gasteiger partial charge >= 0.3 is 0 Å². The molecule has 1 amide bonds. The smallest absolute Gasteiger partial charge is 0.224 e. The Hall–Kier alpha value is -4.48. The summed E-state index contributed by atoms with van der Waals surface area (Å²) in [7, 11) is 0. The van der Waals surface area contributed by atoms with Gasteiger partial charge in [0, 0.05) is 36.3 Å². The first-order valence-corrected chi connectivity index (χ1v) is 15.1. The van der Waals surface area contributed by atoms with Crippen LogP contribution in [0.25, 0.3) is 22.6 Å². The molecule has 212 valence electrons. The maximum Gasteiger partial charge on any atom is 0.224 e. The second kappa shape index (κ2) is 13.0. The molecule has 0 saturated heterocycles. The van der Waals surface area contributed by atoms with Crippen molar-refractivity contribution in [3.05, 3.63) is 132 Å². The molecule has 0 saturated carbocycles. The van der Waals surface area contributed by atoms with Crippen LogP contribution in [0.2, 0.25) is 0 Å². The van der Waals surface area contributed by atoms with E-state index in [4.69, 9.17) is 4.98 Å². The van der Waals surface area contributed by atoms with Crippen molar-refractivity contribution in [3.63, 3.8) is 0 Å². The molecule has 42 heavy (non-hydrogen) atoms. The van der Waals surface area contributed by atoms with Crippen molar-refractivity contribution in [2.75, 3.05) is 5.32 Å². The molecule has 0 aliphatic carbocycles. The number of carbonyl (C=O) groups is 1. The van der Waals surface area contributed by atoms with Gasteiger partial charge in [0.25, 0.3) is 0 Å². The Labute approximate surface area is 248 Å². The van der Waals surface area contributed by atoms with Crippen LogP contribution in [0.4, 0.5) is 5.69 Å². The van der Waals surface area contributed by atoms with Crippen LogP contribution in [-0.2, 0) is 30.7 Å². The highest BCUT2D eigenvalue weighted by atomic mass is 16.1. The quantitative estimate of drug-likeness (QED) is 0.174. The average Bonchev–Trinajstić information content (AvgIpc) is 3.42. The molecular formula is C37H38N4O. The highest BCUT2D eigenvalue weighted by Gasteiger charge is 2.26. The van der Waals surface area contributed by atoms with E-state index < -0.39 is 0 Å². The molecule has 6 rings (SSSR count). The fourth-order valence-electron chi connectivity index (χ4n) is 5.88. The first-order valence-electron chi connectivity index (χ1n) is 15.1. The molecule has 5 nitrogen and oxygen atoms in total. The van der Waals surface area contributed by atoms with E-state index in [2.05, 4.69) is 125 Å². The number of nitrogens with zero attached hydrogens (tertiary/aromatic N) is 2. The predicted molar refractivity (Wildman–Crippen MR) is 171 cm³/mol. The van der Waals surface area contributed by atoms with Crippen molar-refractivity contribution in [1.82, 2.24) is 14.9 Å². The third kappa shape index (κ3) is 6.22. The van der Waals surface area contributed by atoms with Gasteiger partial charge in [-0.25, -0.2) is 4.98 Å². The van der Waals surface area contributed by atoms with Crippen LogP contribution in [0.1, 0.15) is 54.6 Å². The molecule has 2 N–H and O–H groups in total. The second-order valence-corrected chi connectivity index (χ2v) is 11.1. The molecule has 5 heteroatoms. The van der Waals surface area contributed by atoms with Gasteiger partial charge < -0.3 is 15.2 Å². The van der Waals surface area contributed by atoms with E-state index in [0.717, 1.165) is 60.6 Å². The van der Waals surface area contributed by atoms with Crippen LogP contribution in [-0.4, -0.2) is 15.5 Å². The fraction of sp³-hybridized carbons (Fsp3) is 0.243. The van der Waals surface area contributed by atoms with Gasteiger partial charge in [0.2, 0.25) is 5.91 Å². The summed E-state index contributed by atoms with van der Waals surface area (Å²) in [6.07, 6.45) is 4.35. The number of nitrogens with one attached hydrogen (secondary N) is 2. The van der Waals surface area contributed by atoms with Gasteiger partial charge in [0.15, 0.2) is 0 Å². The van der Waals surface area contributed by atoms with Crippen LogP contribution in [0.5, 0.6) is 0 Å². The van der Waals surface area contributed by atoms with Gasteiger partial charge in [0.1, 0.15) is 5.82 Å². The third-order valence-electron chi connectivity index (χ3n) is 8.05. The Balaban J connectivity index is 1.45. The Bertz CT molecular complexity index is 1630. The zero-order valence-corrected chi connectivity index (χ0v) is 24.2. The molecule has 0 bridgehead atoms. The van der Waals surface area contributed by atoms with Crippen LogP contribution in [0, 0.1) is 0 Å². The third-order valence-corrected chi connectivity index (χ3v) is 8.05. The molecule has 5 aromatic rings. The molecule has 1 aliphatic heterocycles. The van der Waals surface area contributed by atoms with Crippen molar-refractivity contribution in [1.29, 1.82) is 0 Å². The van der Waals surface area contributed by atoms with E-state index in [1.54, 1.807) is 0 Å². The Morgan fingerprint density at radius 3 is 2.24 bits per heavy atom. The number of unbranched alkanes of at least 4 members (excludes halogenated alkanes) is 1. The lowest BCUT2D eigenvalue weighted by atomic mass is 9.97. The van der Waals surface area contributed by atoms with Crippen LogP contribution in [0.3, 0.4) is 0 Å². The van der Waals surface area contributed by atoms with E-state index in [0.29, 0.717) is 13.0 Å². The first-order chi connectivity index (χ1) is 20.7. The number of aryl methyl sites for hydroxylation is 1. The number of aromatic nitrogens is 2.